The largest absolute Gasteiger partial charge is 0.399 e. The SMILES string of the molecule is CC=N/C(C)=C(/CC(C)=O)NC(=O)CNCc1cccc(N)c1. The van der Waals surface area contributed by atoms with Gasteiger partial charge < -0.3 is 16.4 Å². The van der Waals surface area contributed by atoms with Crippen molar-refractivity contribution in [2.24, 2.45) is 4.99 Å². The van der Waals surface area contributed by atoms with E-state index in [1.165, 1.54) is 6.92 Å². The van der Waals surface area contributed by atoms with Gasteiger partial charge in [-0.1, -0.05) is 12.1 Å². The first-order valence-electron chi connectivity index (χ1n) is 7.45. The maximum atomic E-state index is 12.0. The highest BCUT2D eigenvalue weighted by molar-refractivity contribution is 5.83. The number of allylic oxidation sites excluding steroid dienone is 2. The smallest absolute Gasteiger partial charge is 0.238 e. The van der Waals surface area contributed by atoms with E-state index in [1.807, 2.05) is 24.3 Å². The molecule has 23 heavy (non-hydrogen) atoms. The molecule has 1 aromatic rings. The monoisotopic (exact) mass is 316 g/mol. The molecule has 0 aliphatic heterocycles. The van der Waals surface area contributed by atoms with Crippen molar-refractivity contribution < 1.29 is 9.59 Å². The van der Waals surface area contributed by atoms with Crippen molar-refractivity contribution in [2.45, 2.75) is 33.7 Å². The van der Waals surface area contributed by atoms with E-state index < -0.39 is 0 Å². The minimum absolute atomic E-state index is 0.0290. The van der Waals surface area contributed by atoms with Gasteiger partial charge in [0.1, 0.15) is 5.78 Å². The first kappa shape index (κ1) is 18.6. The first-order valence-corrected chi connectivity index (χ1v) is 7.45. The van der Waals surface area contributed by atoms with Crippen LogP contribution in [0.3, 0.4) is 0 Å². The number of carbonyl (C=O) groups is 2. The molecule has 6 heteroatoms. The number of nitrogens with one attached hydrogen (secondary N) is 2. The van der Waals surface area contributed by atoms with Crippen molar-refractivity contribution in [3.05, 3.63) is 41.2 Å². The van der Waals surface area contributed by atoms with Crippen LogP contribution in [-0.2, 0) is 16.1 Å². The average Bonchev–Trinajstić information content (AvgIpc) is 2.46. The van der Waals surface area contributed by atoms with Gasteiger partial charge in [0, 0.05) is 30.6 Å². The number of nitrogen functional groups attached to an aromatic ring is 1. The summed E-state index contributed by atoms with van der Waals surface area (Å²) in [5.74, 6) is -0.241. The maximum absolute atomic E-state index is 12.0. The predicted octanol–water partition coefficient (Wildman–Crippen LogP) is 1.78. The van der Waals surface area contributed by atoms with Crippen molar-refractivity contribution in [1.29, 1.82) is 0 Å². The Hall–Kier alpha value is -2.47. The molecule has 0 saturated carbocycles. The van der Waals surface area contributed by atoms with E-state index in [2.05, 4.69) is 15.6 Å². The highest BCUT2D eigenvalue weighted by Gasteiger charge is 2.09. The molecule has 0 unspecified atom stereocenters. The lowest BCUT2D eigenvalue weighted by molar-refractivity contribution is -0.119. The highest BCUT2D eigenvalue weighted by atomic mass is 16.2. The molecule has 4 N–H and O–H groups in total. The Morgan fingerprint density at radius 1 is 1.30 bits per heavy atom. The van der Waals surface area contributed by atoms with Crippen LogP contribution in [0, 0.1) is 0 Å². The van der Waals surface area contributed by atoms with Crippen LogP contribution in [0.15, 0.2) is 40.7 Å². The van der Waals surface area contributed by atoms with Gasteiger partial charge in [0.05, 0.1) is 12.2 Å². The number of aliphatic imine (C=N–C) groups is 1. The average molecular weight is 316 g/mol. The van der Waals surface area contributed by atoms with Crippen molar-refractivity contribution in [3.8, 4) is 0 Å². The number of rotatable bonds is 8. The van der Waals surface area contributed by atoms with Crippen LogP contribution in [0.1, 0.15) is 32.8 Å². The third-order valence-electron chi connectivity index (χ3n) is 3.04. The Bertz CT molecular complexity index is 621. The third-order valence-corrected chi connectivity index (χ3v) is 3.04. The molecule has 0 saturated heterocycles. The zero-order valence-corrected chi connectivity index (χ0v) is 13.8. The van der Waals surface area contributed by atoms with Gasteiger partial charge in [-0.2, -0.15) is 0 Å². The number of benzene rings is 1. The second-order valence-corrected chi connectivity index (χ2v) is 5.23. The van der Waals surface area contributed by atoms with E-state index in [-0.39, 0.29) is 24.7 Å². The summed E-state index contributed by atoms with van der Waals surface area (Å²) in [7, 11) is 0. The number of nitrogens with zero attached hydrogens (tertiary/aromatic N) is 1. The number of carbonyl (C=O) groups excluding carboxylic acids is 2. The Labute approximate surface area is 136 Å². The van der Waals surface area contributed by atoms with Gasteiger partial charge in [0.15, 0.2) is 0 Å². The second kappa shape index (κ2) is 9.53. The zero-order chi connectivity index (χ0) is 17.2. The molecule has 0 aliphatic carbocycles. The van der Waals surface area contributed by atoms with Crippen LogP contribution in [0.25, 0.3) is 0 Å². The Kier molecular flexibility index (Phi) is 7.70. The van der Waals surface area contributed by atoms with Gasteiger partial charge >= 0.3 is 0 Å². The lowest BCUT2D eigenvalue weighted by Crippen LogP contribution is -2.34. The summed E-state index contributed by atoms with van der Waals surface area (Å²) < 4.78 is 0. The summed E-state index contributed by atoms with van der Waals surface area (Å²) in [4.78, 5) is 27.4. The van der Waals surface area contributed by atoms with Gasteiger partial charge in [-0.3, -0.25) is 14.6 Å². The van der Waals surface area contributed by atoms with E-state index in [9.17, 15) is 9.59 Å². The summed E-state index contributed by atoms with van der Waals surface area (Å²) in [5.41, 5.74) is 8.56. The molecule has 6 nitrogen and oxygen atoms in total. The number of anilines is 1. The summed E-state index contributed by atoms with van der Waals surface area (Å²) in [5, 5.41) is 5.79. The van der Waals surface area contributed by atoms with Crippen molar-refractivity contribution in [1.82, 2.24) is 10.6 Å². The molecule has 0 fully saturated rings. The molecule has 1 aromatic carbocycles. The van der Waals surface area contributed by atoms with Gasteiger partial charge in [-0.25, -0.2) is 0 Å². The number of hydrogen-bond donors (Lipinski definition) is 3. The van der Waals surface area contributed by atoms with Gasteiger partial charge in [-0.05, 0) is 38.5 Å². The number of hydrogen-bond acceptors (Lipinski definition) is 5. The molecule has 0 atom stereocenters. The van der Waals surface area contributed by atoms with Crippen LogP contribution >= 0.6 is 0 Å². The van der Waals surface area contributed by atoms with Crippen LogP contribution < -0.4 is 16.4 Å². The van der Waals surface area contributed by atoms with E-state index in [1.54, 1.807) is 20.1 Å². The van der Waals surface area contributed by atoms with Crippen LogP contribution in [0.5, 0.6) is 0 Å². The molecule has 0 aliphatic rings. The van der Waals surface area contributed by atoms with E-state index >= 15 is 0 Å². The number of nitrogens with two attached hydrogens (primary N) is 1. The van der Waals surface area contributed by atoms with Crippen molar-refractivity contribution >= 4 is 23.6 Å². The van der Waals surface area contributed by atoms with Crippen molar-refractivity contribution in [3.63, 3.8) is 0 Å². The topological polar surface area (TPSA) is 96.6 Å². The zero-order valence-electron chi connectivity index (χ0n) is 13.8. The lowest BCUT2D eigenvalue weighted by atomic mass is 10.2. The second-order valence-electron chi connectivity index (χ2n) is 5.23. The summed E-state index contributed by atoms with van der Waals surface area (Å²) >= 11 is 0. The number of ketones is 1. The molecule has 124 valence electrons. The molecular weight excluding hydrogens is 292 g/mol. The van der Waals surface area contributed by atoms with Crippen LogP contribution in [0.2, 0.25) is 0 Å². The maximum Gasteiger partial charge on any atom is 0.238 e. The van der Waals surface area contributed by atoms with Gasteiger partial charge in [0.25, 0.3) is 0 Å². The van der Waals surface area contributed by atoms with E-state index in [0.717, 1.165) is 5.56 Å². The minimum atomic E-state index is -0.212. The predicted molar refractivity (Wildman–Crippen MR) is 92.9 cm³/mol. The summed E-state index contributed by atoms with van der Waals surface area (Å²) in [6.07, 6.45) is 1.78. The van der Waals surface area contributed by atoms with E-state index in [0.29, 0.717) is 23.6 Å². The summed E-state index contributed by atoms with van der Waals surface area (Å²) in [6.45, 7) is 5.70. The standard InChI is InChI=1S/C17H24N4O2/c1-4-20-13(3)16(8-12(2)22)21-17(23)11-19-10-14-6-5-7-15(18)9-14/h4-7,9,19H,8,10-11,18H2,1-3H3,(H,21,23)/b16-13-,20-4?. The number of Topliss-reactive ketones (excluding diaryl/α,β-unsaturated/α-hetero) is 1. The highest BCUT2D eigenvalue weighted by Crippen LogP contribution is 2.08. The quantitative estimate of drug-likeness (QED) is 0.503. The molecule has 0 aromatic heterocycles. The number of amides is 1. The fourth-order valence-electron chi connectivity index (χ4n) is 2.02. The molecule has 1 amide bonds. The molecule has 1 rings (SSSR count). The Morgan fingerprint density at radius 2 is 2.04 bits per heavy atom. The third kappa shape index (κ3) is 7.37. The van der Waals surface area contributed by atoms with Gasteiger partial charge in [0.2, 0.25) is 5.91 Å². The normalized spacial score (nSPS) is 12.1. The molecular formula is C17H24N4O2. The lowest BCUT2D eigenvalue weighted by Gasteiger charge is -2.11. The van der Waals surface area contributed by atoms with Crippen LogP contribution in [0.4, 0.5) is 5.69 Å². The fourth-order valence-corrected chi connectivity index (χ4v) is 2.02. The molecule has 0 spiro atoms. The summed E-state index contributed by atoms with van der Waals surface area (Å²) in [6, 6.07) is 7.47. The molecule has 0 bridgehead atoms. The van der Waals surface area contributed by atoms with E-state index in [4.69, 9.17) is 5.73 Å². The molecule has 0 radical (unpaired) electrons. The first-order chi connectivity index (χ1) is 10.9. The minimum Gasteiger partial charge on any atom is -0.399 e. The van der Waals surface area contributed by atoms with Crippen LogP contribution in [-0.4, -0.2) is 24.4 Å². The van der Waals surface area contributed by atoms with Gasteiger partial charge in [-0.15, -0.1) is 0 Å². The fraction of sp³-hybridized carbons (Fsp3) is 0.353. The van der Waals surface area contributed by atoms with Crippen molar-refractivity contribution in [2.75, 3.05) is 12.3 Å². The Balaban J connectivity index is 2.55. The molecule has 0 heterocycles. The Morgan fingerprint density at radius 3 is 2.65 bits per heavy atom.